The lowest BCUT2D eigenvalue weighted by Gasteiger charge is -2.10. The topological polar surface area (TPSA) is 0 Å². The van der Waals surface area contributed by atoms with Crippen LogP contribution in [-0.2, 0) is 12.8 Å². The maximum Gasteiger partial charge on any atom is 0.160 e. The zero-order chi connectivity index (χ0) is 14.3. The Morgan fingerprint density at radius 1 is 1.10 bits per heavy atom. The molecule has 5 heteroatoms. The zero-order valence-corrected chi connectivity index (χ0v) is 13.7. The molecule has 1 aliphatic rings. The molecule has 3 rings (SSSR count). The third-order valence-electron chi connectivity index (χ3n) is 3.58. The molecule has 1 atom stereocenters. The van der Waals surface area contributed by atoms with E-state index in [1.165, 1.54) is 29.3 Å². The molecule has 0 fully saturated rings. The predicted molar refractivity (Wildman–Crippen MR) is 83.1 cm³/mol. The fraction of sp³-hybridized carbons (Fsp3) is 0.333. The Balaban J connectivity index is 1.98. The Kier molecular flexibility index (Phi) is 4.16. The van der Waals surface area contributed by atoms with Gasteiger partial charge in [0.2, 0.25) is 0 Å². The number of aryl methyl sites for hydroxylation is 2. The standard InChI is InChI=1S/C15H12BrClF2S/c16-15(9-6-11(18)12(19)7-10(9)17)14-5-8-3-1-2-4-13(8)20-14/h5-7,15H,1-4H2. The molecule has 0 radical (unpaired) electrons. The van der Waals surface area contributed by atoms with E-state index in [1.807, 2.05) is 0 Å². The Bertz CT molecular complexity index is 630. The van der Waals surface area contributed by atoms with Crippen LogP contribution < -0.4 is 0 Å². The lowest BCUT2D eigenvalue weighted by molar-refractivity contribution is 0.507. The van der Waals surface area contributed by atoms with Gasteiger partial charge < -0.3 is 0 Å². The molecule has 1 unspecified atom stereocenters. The van der Waals surface area contributed by atoms with Gasteiger partial charge in [-0.1, -0.05) is 27.5 Å². The van der Waals surface area contributed by atoms with Gasteiger partial charge in [0.25, 0.3) is 0 Å². The van der Waals surface area contributed by atoms with E-state index in [9.17, 15) is 8.78 Å². The molecule has 0 N–H and O–H groups in total. The number of hydrogen-bond donors (Lipinski definition) is 0. The lowest BCUT2D eigenvalue weighted by atomic mass is 9.99. The summed E-state index contributed by atoms with van der Waals surface area (Å²) in [6, 6.07) is 4.37. The highest BCUT2D eigenvalue weighted by molar-refractivity contribution is 9.09. The van der Waals surface area contributed by atoms with E-state index in [1.54, 1.807) is 11.3 Å². The van der Waals surface area contributed by atoms with Gasteiger partial charge in [0, 0.05) is 14.8 Å². The summed E-state index contributed by atoms with van der Waals surface area (Å²) < 4.78 is 26.5. The van der Waals surface area contributed by atoms with Crippen LogP contribution in [-0.4, -0.2) is 0 Å². The van der Waals surface area contributed by atoms with Gasteiger partial charge in [0.1, 0.15) is 0 Å². The second-order valence-electron chi connectivity index (χ2n) is 4.95. The summed E-state index contributed by atoms with van der Waals surface area (Å²) in [6.07, 6.45) is 4.68. The summed E-state index contributed by atoms with van der Waals surface area (Å²) in [5.41, 5.74) is 1.96. The zero-order valence-electron chi connectivity index (χ0n) is 10.6. The molecule has 1 aromatic heterocycles. The fourth-order valence-electron chi connectivity index (χ4n) is 2.52. The summed E-state index contributed by atoms with van der Waals surface area (Å²) >= 11 is 11.3. The van der Waals surface area contributed by atoms with Crippen LogP contribution >= 0.6 is 38.9 Å². The Hall–Kier alpha value is -0.450. The molecule has 2 aromatic rings. The molecule has 0 nitrogen and oxygen atoms in total. The van der Waals surface area contributed by atoms with Gasteiger partial charge in [0.05, 0.1) is 4.83 Å². The minimum Gasteiger partial charge on any atom is -0.204 e. The highest BCUT2D eigenvalue weighted by atomic mass is 79.9. The van der Waals surface area contributed by atoms with Crippen LogP contribution in [0, 0.1) is 11.6 Å². The molecule has 1 aromatic carbocycles. The van der Waals surface area contributed by atoms with Crippen molar-refractivity contribution in [1.82, 2.24) is 0 Å². The minimum absolute atomic E-state index is 0.194. The van der Waals surface area contributed by atoms with E-state index in [0.29, 0.717) is 5.56 Å². The van der Waals surface area contributed by atoms with Crippen molar-refractivity contribution in [2.45, 2.75) is 30.5 Å². The highest BCUT2D eigenvalue weighted by Gasteiger charge is 2.21. The number of fused-ring (bicyclic) bond motifs is 1. The average molecular weight is 378 g/mol. The van der Waals surface area contributed by atoms with Crippen molar-refractivity contribution in [3.05, 3.63) is 55.7 Å². The van der Waals surface area contributed by atoms with Crippen LogP contribution in [0.3, 0.4) is 0 Å². The molecule has 1 heterocycles. The third-order valence-corrected chi connectivity index (χ3v) is 6.50. The molecular formula is C15H12BrClF2S. The molecule has 0 aliphatic heterocycles. The van der Waals surface area contributed by atoms with E-state index in [4.69, 9.17) is 11.6 Å². The van der Waals surface area contributed by atoms with Gasteiger partial charge >= 0.3 is 0 Å². The SMILES string of the molecule is Fc1cc(Cl)c(C(Br)c2cc3c(s2)CCCC3)cc1F. The largest absolute Gasteiger partial charge is 0.204 e. The smallest absolute Gasteiger partial charge is 0.160 e. The van der Waals surface area contributed by atoms with Crippen LogP contribution in [0.4, 0.5) is 8.78 Å². The summed E-state index contributed by atoms with van der Waals surface area (Å²) in [7, 11) is 0. The molecular weight excluding hydrogens is 366 g/mol. The van der Waals surface area contributed by atoms with Crippen molar-refractivity contribution >= 4 is 38.9 Å². The molecule has 0 amide bonds. The first-order valence-electron chi connectivity index (χ1n) is 6.46. The molecule has 0 bridgehead atoms. The maximum absolute atomic E-state index is 13.4. The Morgan fingerprint density at radius 3 is 2.55 bits per heavy atom. The molecule has 106 valence electrons. The van der Waals surface area contributed by atoms with Gasteiger partial charge in [-0.05, 0) is 55.0 Å². The number of rotatable bonds is 2. The van der Waals surface area contributed by atoms with Crippen LogP contribution in [0.25, 0.3) is 0 Å². The van der Waals surface area contributed by atoms with E-state index in [0.717, 1.165) is 23.8 Å². The quantitative estimate of drug-likeness (QED) is 0.442. The van der Waals surface area contributed by atoms with Gasteiger partial charge in [-0.3, -0.25) is 0 Å². The number of halogens is 4. The predicted octanol–water partition coefficient (Wildman–Crippen LogP) is 6.04. The van der Waals surface area contributed by atoms with Crippen LogP contribution in [0.1, 0.15) is 38.6 Å². The van der Waals surface area contributed by atoms with E-state index < -0.39 is 11.6 Å². The van der Waals surface area contributed by atoms with Gasteiger partial charge in [-0.25, -0.2) is 8.78 Å². The van der Waals surface area contributed by atoms with Crippen molar-refractivity contribution in [2.24, 2.45) is 0 Å². The number of hydrogen-bond acceptors (Lipinski definition) is 1. The van der Waals surface area contributed by atoms with Crippen molar-refractivity contribution in [3.8, 4) is 0 Å². The average Bonchev–Trinajstić information content (AvgIpc) is 2.86. The second-order valence-corrected chi connectivity index (χ2v) is 7.45. The van der Waals surface area contributed by atoms with Gasteiger partial charge in [0.15, 0.2) is 11.6 Å². The summed E-state index contributed by atoms with van der Waals surface area (Å²) in [4.78, 5) is 2.32. The summed E-state index contributed by atoms with van der Waals surface area (Å²) in [5, 5.41) is 0.247. The minimum atomic E-state index is -0.913. The van der Waals surface area contributed by atoms with Crippen molar-refractivity contribution in [2.75, 3.05) is 0 Å². The van der Waals surface area contributed by atoms with Gasteiger partial charge in [-0.2, -0.15) is 0 Å². The normalized spacial score (nSPS) is 16.0. The van der Waals surface area contributed by atoms with Crippen LogP contribution in [0.2, 0.25) is 5.02 Å². The highest BCUT2D eigenvalue weighted by Crippen LogP contribution is 2.42. The van der Waals surface area contributed by atoms with Crippen molar-refractivity contribution < 1.29 is 8.78 Å². The van der Waals surface area contributed by atoms with Crippen molar-refractivity contribution in [3.63, 3.8) is 0 Å². The molecule has 0 saturated carbocycles. The molecule has 0 spiro atoms. The number of thiophene rings is 1. The Morgan fingerprint density at radius 2 is 1.80 bits per heavy atom. The number of benzene rings is 1. The molecule has 1 aliphatic carbocycles. The third kappa shape index (κ3) is 2.66. The molecule has 0 saturated heterocycles. The van der Waals surface area contributed by atoms with Crippen LogP contribution in [0.15, 0.2) is 18.2 Å². The fourth-order valence-corrected chi connectivity index (χ4v) is 4.96. The van der Waals surface area contributed by atoms with E-state index in [-0.39, 0.29) is 9.85 Å². The summed E-state index contributed by atoms with van der Waals surface area (Å²) in [6.45, 7) is 0. The first kappa shape index (κ1) is 14.5. The van der Waals surface area contributed by atoms with Gasteiger partial charge in [-0.15, -0.1) is 11.3 Å². The Labute approximate surface area is 133 Å². The second kappa shape index (κ2) is 5.74. The first-order chi connectivity index (χ1) is 9.56. The number of alkyl halides is 1. The first-order valence-corrected chi connectivity index (χ1v) is 8.57. The molecule has 20 heavy (non-hydrogen) atoms. The van der Waals surface area contributed by atoms with Crippen LogP contribution in [0.5, 0.6) is 0 Å². The monoisotopic (exact) mass is 376 g/mol. The van der Waals surface area contributed by atoms with E-state index >= 15 is 0 Å². The maximum atomic E-state index is 13.4. The van der Waals surface area contributed by atoms with Crippen molar-refractivity contribution in [1.29, 1.82) is 0 Å². The lowest BCUT2D eigenvalue weighted by Crippen LogP contribution is -1.96. The summed E-state index contributed by atoms with van der Waals surface area (Å²) in [5.74, 6) is -1.78. The van der Waals surface area contributed by atoms with E-state index in [2.05, 4.69) is 22.0 Å².